The second-order valence-corrected chi connectivity index (χ2v) is 6.41. The number of hydrogen-bond acceptors (Lipinski definition) is 2. The van der Waals surface area contributed by atoms with E-state index in [1.807, 2.05) is 31.2 Å². The van der Waals surface area contributed by atoms with Crippen molar-refractivity contribution in [3.8, 4) is 0 Å². The summed E-state index contributed by atoms with van der Waals surface area (Å²) in [5.74, 6) is -0.328. The van der Waals surface area contributed by atoms with Crippen LogP contribution >= 0.6 is 39.7 Å². The first kappa shape index (κ1) is 16.9. The lowest BCUT2D eigenvalue weighted by Gasteiger charge is -2.17. The molecule has 0 aliphatic carbocycles. The summed E-state index contributed by atoms with van der Waals surface area (Å²) in [7, 11) is 0. The van der Waals surface area contributed by atoms with E-state index in [1.165, 1.54) is 0 Å². The van der Waals surface area contributed by atoms with Gasteiger partial charge in [0.25, 0.3) is 5.91 Å². The average molecular weight is 398 g/mol. The van der Waals surface area contributed by atoms with Gasteiger partial charge in [-0.25, -0.2) is 0 Å². The number of carbonyl (C=O) groups excluding carboxylic acids is 1. The minimum absolute atomic E-state index is 0.0212. The molecule has 1 unspecified atom stereocenters. The number of nitrogens with one attached hydrogen (secondary N) is 2. The van der Waals surface area contributed by atoms with E-state index in [0.717, 1.165) is 10.0 Å². The van der Waals surface area contributed by atoms with Gasteiger partial charge in [0, 0.05) is 4.47 Å². The standard InChI is InChI=1S/C16H14BrClN2OS/c1-10(11-6-8-12(17)9-7-11)19-16(22)20-15(21)13-4-2-3-5-14(13)18/h2-10H,1H3,(H2,19,20,21,22). The van der Waals surface area contributed by atoms with Crippen LogP contribution in [0.25, 0.3) is 0 Å². The molecule has 6 heteroatoms. The minimum Gasteiger partial charge on any atom is -0.356 e. The number of amides is 1. The fourth-order valence-corrected chi connectivity index (χ4v) is 2.64. The molecule has 1 atom stereocenters. The zero-order valence-electron chi connectivity index (χ0n) is 11.8. The molecule has 2 aromatic carbocycles. The Kier molecular flexibility index (Phi) is 5.94. The number of hydrogen-bond donors (Lipinski definition) is 2. The zero-order valence-corrected chi connectivity index (χ0v) is 14.9. The highest BCUT2D eigenvalue weighted by atomic mass is 79.9. The summed E-state index contributed by atoms with van der Waals surface area (Å²) in [4.78, 5) is 12.1. The smallest absolute Gasteiger partial charge is 0.258 e. The topological polar surface area (TPSA) is 41.1 Å². The van der Waals surface area contributed by atoms with Gasteiger partial charge < -0.3 is 5.32 Å². The first-order valence-electron chi connectivity index (χ1n) is 6.59. The van der Waals surface area contributed by atoms with Crippen LogP contribution in [0.3, 0.4) is 0 Å². The third-order valence-electron chi connectivity index (χ3n) is 3.06. The fraction of sp³-hybridized carbons (Fsp3) is 0.125. The van der Waals surface area contributed by atoms with Crippen LogP contribution in [0.15, 0.2) is 53.0 Å². The third-order valence-corrected chi connectivity index (χ3v) is 4.14. The monoisotopic (exact) mass is 396 g/mol. The van der Waals surface area contributed by atoms with E-state index >= 15 is 0 Å². The Morgan fingerprint density at radius 1 is 1.18 bits per heavy atom. The van der Waals surface area contributed by atoms with Crippen molar-refractivity contribution in [2.45, 2.75) is 13.0 Å². The van der Waals surface area contributed by atoms with E-state index in [0.29, 0.717) is 10.6 Å². The van der Waals surface area contributed by atoms with Gasteiger partial charge in [-0.05, 0) is 49.0 Å². The highest BCUT2D eigenvalue weighted by Gasteiger charge is 2.13. The molecule has 1 amide bonds. The molecule has 0 saturated heterocycles. The molecule has 2 aromatic rings. The second-order valence-electron chi connectivity index (χ2n) is 4.68. The first-order valence-corrected chi connectivity index (χ1v) is 8.17. The van der Waals surface area contributed by atoms with Crippen LogP contribution in [0.1, 0.15) is 28.9 Å². The Morgan fingerprint density at radius 2 is 1.82 bits per heavy atom. The molecule has 22 heavy (non-hydrogen) atoms. The van der Waals surface area contributed by atoms with Gasteiger partial charge in [0.1, 0.15) is 0 Å². The lowest BCUT2D eigenvalue weighted by molar-refractivity contribution is 0.0976. The van der Waals surface area contributed by atoms with Gasteiger partial charge in [-0.2, -0.15) is 0 Å². The van der Waals surface area contributed by atoms with Crippen LogP contribution in [-0.4, -0.2) is 11.0 Å². The molecule has 3 nitrogen and oxygen atoms in total. The highest BCUT2D eigenvalue weighted by molar-refractivity contribution is 9.10. The predicted octanol–water partition coefficient (Wildman–Crippen LogP) is 4.47. The van der Waals surface area contributed by atoms with E-state index in [-0.39, 0.29) is 17.1 Å². The molecule has 0 bridgehead atoms. The molecular weight excluding hydrogens is 384 g/mol. The van der Waals surface area contributed by atoms with Crippen LogP contribution in [0.5, 0.6) is 0 Å². The Balaban J connectivity index is 1.96. The molecule has 0 spiro atoms. The van der Waals surface area contributed by atoms with Crippen LogP contribution in [0.2, 0.25) is 5.02 Å². The minimum atomic E-state index is -0.328. The summed E-state index contributed by atoms with van der Waals surface area (Å²) < 4.78 is 1.01. The predicted molar refractivity (Wildman–Crippen MR) is 97.2 cm³/mol. The molecule has 114 valence electrons. The van der Waals surface area contributed by atoms with Crippen molar-refractivity contribution in [3.63, 3.8) is 0 Å². The molecular formula is C16H14BrClN2OS. The molecule has 0 aliphatic rings. The van der Waals surface area contributed by atoms with E-state index in [1.54, 1.807) is 24.3 Å². The van der Waals surface area contributed by atoms with Crippen LogP contribution in [0, 0.1) is 0 Å². The Labute approximate surface area is 148 Å². The fourth-order valence-electron chi connectivity index (χ4n) is 1.88. The summed E-state index contributed by atoms with van der Waals surface area (Å²) in [5, 5.41) is 6.37. The number of thiocarbonyl (C=S) groups is 1. The van der Waals surface area contributed by atoms with Crippen LogP contribution in [-0.2, 0) is 0 Å². The zero-order chi connectivity index (χ0) is 16.1. The van der Waals surface area contributed by atoms with E-state index in [9.17, 15) is 4.79 Å². The molecule has 0 aliphatic heterocycles. The van der Waals surface area contributed by atoms with Gasteiger partial charge in [0.05, 0.1) is 16.6 Å². The Bertz CT molecular complexity index is 691. The lowest BCUT2D eigenvalue weighted by atomic mass is 10.1. The van der Waals surface area contributed by atoms with Crippen molar-refractivity contribution < 1.29 is 4.79 Å². The van der Waals surface area contributed by atoms with E-state index in [2.05, 4.69) is 26.6 Å². The van der Waals surface area contributed by atoms with Crippen molar-refractivity contribution in [1.29, 1.82) is 0 Å². The van der Waals surface area contributed by atoms with Crippen molar-refractivity contribution in [3.05, 3.63) is 69.2 Å². The average Bonchev–Trinajstić information content (AvgIpc) is 2.48. The summed E-state index contributed by atoms with van der Waals surface area (Å²) >= 11 is 14.6. The maximum Gasteiger partial charge on any atom is 0.258 e. The summed E-state index contributed by atoms with van der Waals surface area (Å²) in [6.07, 6.45) is 0. The van der Waals surface area contributed by atoms with Crippen LogP contribution in [0.4, 0.5) is 0 Å². The van der Waals surface area contributed by atoms with Crippen molar-refractivity contribution in [1.82, 2.24) is 10.6 Å². The summed E-state index contributed by atoms with van der Waals surface area (Å²) in [6.45, 7) is 1.97. The number of halogens is 2. The maximum absolute atomic E-state index is 12.1. The lowest BCUT2D eigenvalue weighted by Crippen LogP contribution is -2.40. The number of benzene rings is 2. The van der Waals surface area contributed by atoms with E-state index < -0.39 is 0 Å². The number of rotatable bonds is 3. The van der Waals surface area contributed by atoms with Gasteiger partial charge in [-0.1, -0.05) is 51.8 Å². The quantitative estimate of drug-likeness (QED) is 0.751. The maximum atomic E-state index is 12.1. The molecule has 0 saturated carbocycles. The number of carbonyl (C=O) groups is 1. The van der Waals surface area contributed by atoms with Crippen molar-refractivity contribution in [2.24, 2.45) is 0 Å². The summed E-state index contributed by atoms with van der Waals surface area (Å²) in [6, 6.07) is 14.7. The van der Waals surface area contributed by atoms with Crippen molar-refractivity contribution >= 4 is 50.8 Å². The normalized spacial score (nSPS) is 11.6. The van der Waals surface area contributed by atoms with Crippen molar-refractivity contribution in [2.75, 3.05) is 0 Å². The van der Waals surface area contributed by atoms with Gasteiger partial charge in [0.2, 0.25) is 0 Å². The van der Waals surface area contributed by atoms with Gasteiger partial charge in [0.15, 0.2) is 5.11 Å². The van der Waals surface area contributed by atoms with Gasteiger partial charge >= 0.3 is 0 Å². The van der Waals surface area contributed by atoms with E-state index in [4.69, 9.17) is 23.8 Å². The molecule has 0 radical (unpaired) electrons. The molecule has 2 N–H and O–H groups in total. The highest BCUT2D eigenvalue weighted by Crippen LogP contribution is 2.17. The molecule has 2 rings (SSSR count). The van der Waals surface area contributed by atoms with Gasteiger partial charge in [-0.15, -0.1) is 0 Å². The molecule has 0 aromatic heterocycles. The Hall–Kier alpha value is -1.43. The first-order chi connectivity index (χ1) is 10.5. The molecule has 0 fully saturated rings. The SMILES string of the molecule is CC(NC(=S)NC(=O)c1ccccc1Cl)c1ccc(Br)cc1. The second kappa shape index (κ2) is 7.72. The largest absolute Gasteiger partial charge is 0.356 e. The Morgan fingerprint density at radius 3 is 2.45 bits per heavy atom. The van der Waals surface area contributed by atoms with Crippen LogP contribution < -0.4 is 10.6 Å². The summed E-state index contributed by atoms with van der Waals surface area (Å²) in [5.41, 5.74) is 1.46. The van der Waals surface area contributed by atoms with Gasteiger partial charge in [-0.3, -0.25) is 10.1 Å². The molecule has 0 heterocycles. The third kappa shape index (κ3) is 4.53.